The van der Waals surface area contributed by atoms with E-state index in [1.165, 1.54) is 0 Å². The molecule has 6 heteroatoms. The molecule has 5 nitrogen and oxygen atoms in total. The molecule has 3 aromatic rings. The van der Waals surface area contributed by atoms with Crippen LogP contribution in [0.4, 0.5) is 0 Å². The standard InChI is InChI=1S/C21H21N3O2S/c1-14-6-11-18(26-14)20-19(17-5-3-4-12-22-17)23-21(27)24(20)13-15-7-9-16(25-2)10-8-15/h3-12,19-20H,13H2,1-2H3,(H,23,27)/t19-,20+/m1/s1. The molecule has 4 rings (SSSR count). The Morgan fingerprint density at radius 2 is 1.96 bits per heavy atom. The van der Waals surface area contributed by atoms with E-state index in [1.807, 2.05) is 49.4 Å². The van der Waals surface area contributed by atoms with Crippen molar-refractivity contribution >= 4 is 17.3 Å². The normalized spacial score (nSPS) is 19.2. The molecule has 138 valence electrons. The Kier molecular flexibility index (Phi) is 4.81. The summed E-state index contributed by atoms with van der Waals surface area (Å²) in [6, 6.07) is 17.8. The molecule has 1 aromatic carbocycles. The summed E-state index contributed by atoms with van der Waals surface area (Å²) < 4.78 is 11.2. The van der Waals surface area contributed by atoms with Gasteiger partial charge in [-0.15, -0.1) is 0 Å². The van der Waals surface area contributed by atoms with Gasteiger partial charge in [-0.1, -0.05) is 18.2 Å². The summed E-state index contributed by atoms with van der Waals surface area (Å²) in [4.78, 5) is 6.70. The van der Waals surface area contributed by atoms with E-state index in [0.717, 1.165) is 28.5 Å². The van der Waals surface area contributed by atoms with E-state index in [2.05, 4.69) is 27.3 Å². The van der Waals surface area contributed by atoms with Crippen molar-refractivity contribution in [3.63, 3.8) is 0 Å². The molecule has 0 saturated carbocycles. The number of nitrogens with one attached hydrogen (secondary N) is 1. The van der Waals surface area contributed by atoms with Gasteiger partial charge in [-0.2, -0.15) is 0 Å². The van der Waals surface area contributed by atoms with Crippen LogP contribution in [0.5, 0.6) is 5.75 Å². The Balaban J connectivity index is 1.68. The third-order valence-corrected chi connectivity index (χ3v) is 5.11. The number of rotatable bonds is 5. The first kappa shape index (κ1) is 17.5. The van der Waals surface area contributed by atoms with Crippen LogP contribution in [0.15, 0.2) is 65.2 Å². The summed E-state index contributed by atoms with van der Waals surface area (Å²) in [6.45, 7) is 2.62. The minimum absolute atomic E-state index is 0.0665. The fourth-order valence-corrected chi connectivity index (χ4v) is 3.73. The van der Waals surface area contributed by atoms with Gasteiger partial charge in [0.15, 0.2) is 5.11 Å². The molecule has 1 fully saturated rings. The smallest absolute Gasteiger partial charge is 0.170 e. The molecule has 1 saturated heterocycles. The van der Waals surface area contributed by atoms with Gasteiger partial charge in [0.05, 0.1) is 18.8 Å². The monoisotopic (exact) mass is 379 g/mol. The second-order valence-corrected chi connectivity index (χ2v) is 6.94. The first-order chi connectivity index (χ1) is 13.2. The molecule has 1 aliphatic rings. The fraction of sp³-hybridized carbons (Fsp3) is 0.238. The number of pyridine rings is 1. The topological polar surface area (TPSA) is 50.5 Å². The molecule has 0 amide bonds. The highest BCUT2D eigenvalue weighted by Crippen LogP contribution is 2.40. The highest BCUT2D eigenvalue weighted by Gasteiger charge is 2.41. The van der Waals surface area contributed by atoms with Gasteiger partial charge >= 0.3 is 0 Å². The van der Waals surface area contributed by atoms with Crippen LogP contribution < -0.4 is 10.1 Å². The lowest BCUT2D eigenvalue weighted by molar-refractivity contribution is 0.264. The summed E-state index contributed by atoms with van der Waals surface area (Å²) in [7, 11) is 1.67. The van der Waals surface area contributed by atoms with E-state index in [0.29, 0.717) is 11.7 Å². The van der Waals surface area contributed by atoms with Crippen molar-refractivity contribution in [1.29, 1.82) is 0 Å². The summed E-state index contributed by atoms with van der Waals surface area (Å²) in [5.74, 6) is 2.60. The number of methoxy groups -OCH3 is 1. The number of aromatic nitrogens is 1. The highest BCUT2D eigenvalue weighted by molar-refractivity contribution is 7.80. The lowest BCUT2D eigenvalue weighted by atomic mass is 10.0. The molecule has 1 aliphatic heterocycles. The first-order valence-electron chi connectivity index (χ1n) is 8.83. The Morgan fingerprint density at radius 1 is 1.15 bits per heavy atom. The maximum atomic E-state index is 5.98. The van der Waals surface area contributed by atoms with Gasteiger partial charge in [-0.25, -0.2) is 0 Å². The van der Waals surface area contributed by atoms with Gasteiger partial charge in [-0.05, 0) is 61.1 Å². The van der Waals surface area contributed by atoms with Crippen LogP contribution in [0.2, 0.25) is 0 Å². The lowest BCUT2D eigenvalue weighted by Gasteiger charge is -2.26. The predicted molar refractivity (Wildman–Crippen MR) is 107 cm³/mol. The number of benzene rings is 1. The number of ether oxygens (including phenoxy) is 1. The third-order valence-electron chi connectivity index (χ3n) is 4.76. The average molecular weight is 379 g/mol. The van der Waals surface area contributed by atoms with E-state index < -0.39 is 0 Å². The quantitative estimate of drug-likeness (QED) is 0.672. The molecule has 2 aromatic heterocycles. The van der Waals surface area contributed by atoms with Crippen LogP contribution in [-0.4, -0.2) is 22.1 Å². The van der Waals surface area contributed by atoms with Crippen LogP contribution in [0.1, 0.15) is 34.9 Å². The second-order valence-electron chi connectivity index (χ2n) is 6.55. The summed E-state index contributed by atoms with van der Waals surface area (Å²) >= 11 is 5.67. The van der Waals surface area contributed by atoms with Crippen LogP contribution in [0, 0.1) is 6.92 Å². The minimum Gasteiger partial charge on any atom is -0.497 e. The van der Waals surface area contributed by atoms with E-state index in [9.17, 15) is 0 Å². The zero-order valence-corrected chi connectivity index (χ0v) is 16.1. The molecule has 0 aliphatic carbocycles. The summed E-state index contributed by atoms with van der Waals surface area (Å²) in [5.41, 5.74) is 2.09. The third kappa shape index (κ3) is 3.53. The molecule has 0 unspecified atom stereocenters. The SMILES string of the molecule is COc1ccc(CN2C(=S)N[C@H](c3ccccn3)[C@@H]2c2ccc(C)o2)cc1. The maximum Gasteiger partial charge on any atom is 0.170 e. The lowest BCUT2D eigenvalue weighted by Crippen LogP contribution is -2.29. The molecule has 0 spiro atoms. The van der Waals surface area contributed by atoms with Crippen molar-refractivity contribution in [3.8, 4) is 5.75 Å². The van der Waals surface area contributed by atoms with Crippen molar-refractivity contribution < 1.29 is 9.15 Å². The van der Waals surface area contributed by atoms with Crippen LogP contribution in [-0.2, 0) is 6.54 Å². The van der Waals surface area contributed by atoms with Crippen molar-refractivity contribution in [2.24, 2.45) is 0 Å². The van der Waals surface area contributed by atoms with Gasteiger partial charge in [0.1, 0.15) is 23.3 Å². The molecule has 1 N–H and O–H groups in total. The Bertz CT molecular complexity index is 924. The predicted octanol–water partition coefficient (Wildman–Crippen LogP) is 4.16. The van der Waals surface area contributed by atoms with Crippen molar-refractivity contribution in [3.05, 3.63) is 83.6 Å². The van der Waals surface area contributed by atoms with Gasteiger partial charge in [-0.3, -0.25) is 4.98 Å². The van der Waals surface area contributed by atoms with Gasteiger partial charge in [0.2, 0.25) is 0 Å². The van der Waals surface area contributed by atoms with Crippen LogP contribution in [0.3, 0.4) is 0 Å². The Labute approximate surface area is 164 Å². The van der Waals surface area contributed by atoms with Gasteiger partial charge in [0, 0.05) is 12.7 Å². The average Bonchev–Trinajstić information content (AvgIpc) is 3.26. The van der Waals surface area contributed by atoms with Crippen molar-refractivity contribution in [2.75, 3.05) is 7.11 Å². The molecule has 27 heavy (non-hydrogen) atoms. The number of nitrogens with zero attached hydrogens (tertiary/aromatic N) is 2. The molecular weight excluding hydrogens is 358 g/mol. The van der Waals surface area contributed by atoms with Gasteiger partial charge < -0.3 is 19.4 Å². The molecular formula is C21H21N3O2S. The second kappa shape index (κ2) is 7.40. The van der Waals surface area contributed by atoms with Gasteiger partial charge in [0.25, 0.3) is 0 Å². The zero-order valence-electron chi connectivity index (χ0n) is 15.3. The molecule has 0 radical (unpaired) electrons. The zero-order chi connectivity index (χ0) is 18.8. The number of aryl methyl sites for hydroxylation is 1. The Morgan fingerprint density at radius 3 is 2.59 bits per heavy atom. The van der Waals surface area contributed by atoms with Crippen molar-refractivity contribution in [2.45, 2.75) is 25.6 Å². The molecule has 3 heterocycles. The summed E-state index contributed by atoms with van der Waals surface area (Å²) in [6.07, 6.45) is 1.80. The van der Waals surface area contributed by atoms with E-state index in [1.54, 1.807) is 13.3 Å². The van der Waals surface area contributed by atoms with Crippen molar-refractivity contribution in [1.82, 2.24) is 15.2 Å². The Hall–Kier alpha value is -2.86. The summed E-state index contributed by atoms with van der Waals surface area (Å²) in [5, 5.41) is 4.13. The fourth-order valence-electron chi connectivity index (χ4n) is 3.42. The highest BCUT2D eigenvalue weighted by atomic mass is 32.1. The largest absolute Gasteiger partial charge is 0.497 e. The molecule has 2 atom stereocenters. The van der Waals surface area contributed by atoms with E-state index >= 15 is 0 Å². The number of hydrogen-bond acceptors (Lipinski definition) is 4. The number of furan rings is 1. The van der Waals surface area contributed by atoms with E-state index in [4.69, 9.17) is 21.4 Å². The number of thiocarbonyl (C=S) groups is 1. The minimum atomic E-state index is -0.0671. The maximum absolute atomic E-state index is 5.98. The first-order valence-corrected chi connectivity index (χ1v) is 9.24. The number of hydrogen-bond donors (Lipinski definition) is 1. The van der Waals surface area contributed by atoms with E-state index in [-0.39, 0.29) is 12.1 Å². The van der Waals surface area contributed by atoms with Crippen LogP contribution in [0.25, 0.3) is 0 Å². The van der Waals surface area contributed by atoms with Crippen LogP contribution >= 0.6 is 12.2 Å². The molecule has 0 bridgehead atoms.